The van der Waals surface area contributed by atoms with Crippen molar-refractivity contribution in [2.45, 2.75) is 18.9 Å². The van der Waals surface area contributed by atoms with Gasteiger partial charge < -0.3 is 19.1 Å². The predicted octanol–water partition coefficient (Wildman–Crippen LogP) is 5.11. The highest BCUT2D eigenvalue weighted by atomic mass is 16.5. The molecule has 1 fully saturated rings. The lowest BCUT2D eigenvalue weighted by atomic mass is 10.0. The largest absolute Gasteiger partial charge is 0.497 e. The van der Waals surface area contributed by atoms with Crippen molar-refractivity contribution >= 4 is 5.91 Å². The maximum absolute atomic E-state index is 13.1. The monoisotopic (exact) mass is 417 g/mol. The van der Waals surface area contributed by atoms with Crippen LogP contribution in [0.3, 0.4) is 0 Å². The summed E-state index contributed by atoms with van der Waals surface area (Å²) in [4.78, 5) is 15.0. The van der Waals surface area contributed by atoms with Gasteiger partial charge in [0.2, 0.25) is 0 Å². The maximum Gasteiger partial charge on any atom is 0.261 e. The molecule has 5 nitrogen and oxygen atoms in total. The number of hydrogen-bond donors (Lipinski definition) is 0. The van der Waals surface area contributed by atoms with E-state index in [2.05, 4.69) is 0 Å². The van der Waals surface area contributed by atoms with Crippen LogP contribution in [0.2, 0.25) is 0 Å². The highest BCUT2D eigenvalue weighted by Gasteiger charge is 2.32. The SMILES string of the molecule is COc1ccc(C2CCCN2C(=O)COc2ccccc2-c2ccccc2)c(OC)c1. The van der Waals surface area contributed by atoms with Crippen LogP contribution in [-0.2, 0) is 4.79 Å². The van der Waals surface area contributed by atoms with E-state index in [9.17, 15) is 4.79 Å². The molecule has 3 aromatic carbocycles. The molecule has 1 unspecified atom stereocenters. The molecule has 1 saturated heterocycles. The Morgan fingerprint density at radius 1 is 0.935 bits per heavy atom. The van der Waals surface area contributed by atoms with Gasteiger partial charge in [-0.1, -0.05) is 48.5 Å². The molecule has 1 atom stereocenters. The average Bonchev–Trinajstić information content (AvgIpc) is 3.32. The zero-order chi connectivity index (χ0) is 21.6. The number of carbonyl (C=O) groups is 1. The molecule has 0 radical (unpaired) electrons. The number of benzene rings is 3. The number of rotatable bonds is 7. The van der Waals surface area contributed by atoms with Gasteiger partial charge in [-0.15, -0.1) is 0 Å². The molecule has 160 valence electrons. The van der Waals surface area contributed by atoms with E-state index in [1.807, 2.05) is 77.7 Å². The fourth-order valence-electron chi connectivity index (χ4n) is 4.15. The molecule has 1 amide bonds. The van der Waals surface area contributed by atoms with Gasteiger partial charge in [-0.2, -0.15) is 0 Å². The van der Waals surface area contributed by atoms with Gasteiger partial charge in [-0.3, -0.25) is 4.79 Å². The molecule has 0 aliphatic carbocycles. The third-order valence-electron chi connectivity index (χ3n) is 5.70. The zero-order valence-electron chi connectivity index (χ0n) is 17.9. The Morgan fingerprint density at radius 2 is 1.71 bits per heavy atom. The number of carbonyl (C=O) groups excluding carboxylic acids is 1. The number of likely N-dealkylation sites (tertiary alicyclic amines) is 1. The Kier molecular flexibility index (Phi) is 6.41. The molecule has 1 aliphatic heterocycles. The van der Waals surface area contributed by atoms with Crippen molar-refractivity contribution in [2.24, 2.45) is 0 Å². The van der Waals surface area contributed by atoms with E-state index in [0.29, 0.717) is 12.3 Å². The molecule has 0 spiro atoms. The Hall–Kier alpha value is -3.47. The summed E-state index contributed by atoms with van der Waals surface area (Å²) in [5.74, 6) is 2.15. The van der Waals surface area contributed by atoms with E-state index in [-0.39, 0.29) is 18.6 Å². The molecular weight excluding hydrogens is 390 g/mol. The van der Waals surface area contributed by atoms with Crippen LogP contribution in [0.4, 0.5) is 0 Å². The first-order valence-electron chi connectivity index (χ1n) is 10.5. The van der Waals surface area contributed by atoms with E-state index in [1.54, 1.807) is 14.2 Å². The third-order valence-corrected chi connectivity index (χ3v) is 5.70. The van der Waals surface area contributed by atoms with Gasteiger partial charge in [0.1, 0.15) is 17.2 Å². The van der Waals surface area contributed by atoms with E-state index < -0.39 is 0 Å². The van der Waals surface area contributed by atoms with Crippen molar-refractivity contribution in [1.29, 1.82) is 0 Å². The van der Waals surface area contributed by atoms with Crippen LogP contribution in [0.5, 0.6) is 17.2 Å². The first kappa shape index (κ1) is 20.8. The van der Waals surface area contributed by atoms with Crippen molar-refractivity contribution in [2.75, 3.05) is 27.4 Å². The number of hydrogen-bond acceptors (Lipinski definition) is 4. The van der Waals surface area contributed by atoms with Gasteiger partial charge in [0.05, 0.1) is 20.3 Å². The normalized spacial score (nSPS) is 15.5. The molecule has 0 bridgehead atoms. The first-order chi connectivity index (χ1) is 15.2. The molecule has 0 saturated carbocycles. The minimum absolute atomic E-state index is 0.00117. The molecule has 4 rings (SSSR count). The Morgan fingerprint density at radius 3 is 2.48 bits per heavy atom. The quantitative estimate of drug-likeness (QED) is 0.536. The van der Waals surface area contributed by atoms with Crippen molar-refractivity contribution in [1.82, 2.24) is 4.90 Å². The highest BCUT2D eigenvalue weighted by Crippen LogP contribution is 2.39. The Bertz CT molecular complexity index is 1030. The van der Waals surface area contributed by atoms with Crippen LogP contribution in [-0.4, -0.2) is 38.2 Å². The molecule has 1 heterocycles. The van der Waals surface area contributed by atoms with E-state index >= 15 is 0 Å². The molecule has 3 aromatic rings. The molecule has 0 N–H and O–H groups in total. The molecule has 0 aromatic heterocycles. The Balaban J connectivity index is 1.50. The summed E-state index contributed by atoms with van der Waals surface area (Å²) in [5, 5.41) is 0. The van der Waals surface area contributed by atoms with Crippen molar-refractivity contribution < 1.29 is 19.0 Å². The second kappa shape index (κ2) is 9.56. The first-order valence-corrected chi connectivity index (χ1v) is 10.5. The maximum atomic E-state index is 13.1. The number of nitrogens with zero attached hydrogens (tertiary/aromatic N) is 1. The average molecular weight is 418 g/mol. The van der Waals surface area contributed by atoms with Crippen molar-refractivity contribution in [3.8, 4) is 28.4 Å². The molecular formula is C26H27NO4. The number of amides is 1. The summed E-state index contributed by atoms with van der Waals surface area (Å²) < 4.78 is 16.9. The van der Waals surface area contributed by atoms with E-state index in [1.165, 1.54) is 0 Å². The summed E-state index contributed by atoms with van der Waals surface area (Å²) in [5.41, 5.74) is 3.04. The van der Waals surface area contributed by atoms with E-state index in [0.717, 1.165) is 41.0 Å². The van der Waals surface area contributed by atoms with Crippen LogP contribution < -0.4 is 14.2 Å². The topological polar surface area (TPSA) is 48.0 Å². The predicted molar refractivity (Wildman–Crippen MR) is 121 cm³/mol. The van der Waals surface area contributed by atoms with Crippen LogP contribution in [0.1, 0.15) is 24.4 Å². The second-order valence-electron chi connectivity index (χ2n) is 7.50. The summed E-state index contributed by atoms with van der Waals surface area (Å²) in [6, 6.07) is 23.6. The van der Waals surface area contributed by atoms with Gasteiger partial charge >= 0.3 is 0 Å². The van der Waals surface area contributed by atoms with Gasteiger partial charge in [-0.05, 0) is 36.6 Å². The van der Waals surface area contributed by atoms with Gasteiger partial charge in [0.15, 0.2) is 6.61 Å². The molecule has 1 aliphatic rings. The summed E-state index contributed by atoms with van der Waals surface area (Å²) in [6.07, 6.45) is 1.85. The lowest BCUT2D eigenvalue weighted by Gasteiger charge is -2.26. The number of para-hydroxylation sites is 1. The highest BCUT2D eigenvalue weighted by molar-refractivity contribution is 5.79. The molecule has 31 heavy (non-hydrogen) atoms. The molecule has 5 heteroatoms. The lowest BCUT2D eigenvalue weighted by molar-refractivity contribution is -0.134. The van der Waals surface area contributed by atoms with Gasteiger partial charge in [0, 0.05) is 23.7 Å². The fraction of sp³-hybridized carbons (Fsp3) is 0.269. The number of ether oxygens (including phenoxy) is 3. The van der Waals surface area contributed by atoms with Crippen LogP contribution in [0.25, 0.3) is 11.1 Å². The minimum atomic E-state index is -0.0266. The van der Waals surface area contributed by atoms with E-state index in [4.69, 9.17) is 14.2 Å². The summed E-state index contributed by atoms with van der Waals surface area (Å²) in [6.45, 7) is 0.710. The van der Waals surface area contributed by atoms with Crippen molar-refractivity contribution in [3.05, 3.63) is 78.4 Å². The van der Waals surface area contributed by atoms with Crippen LogP contribution >= 0.6 is 0 Å². The third kappa shape index (κ3) is 4.50. The fourth-order valence-corrected chi connectivity index (χ4v) is 4.15. The minimum Gasteiger partial charge on any atom is -0.497 e. The second-order valence-corrected chi connectivity index (χ2v) is 7.50. The zero-order valence-corrected chi connectivity index (χ0v) is 17.9. The van der Waals surface area contributed by atoms with Crippen molar-refractivity contribution in [3.63, 3.8) is 0 Å². The van der Waals surface area contributed by atoms with Gasteiger partial charge in [-0.25, -0.2) is 0 Å². The summed E-state index contributed by atoms with van der Waals surface area (Å²) >= 11 is 0. The summed E-state index contributed by atoms with van der Waals surface area (Å²) in [7, 11) is 3.27. The smallest absolute Gasteiger partial charge is 0.261 e. The lowest BCUT2D eigenvalue weighted by Crippen LogP contribution is -2.34. The Labute approximate surface area is 183 Å². The van der Waals surface area contributed by atoms with Gasteiger partial charge in [0.25, 0.3) is 5.91 Å². The van der Waals surface area contributed by atoms with Crippen LogP contribution in [0, 0.1) is 0 Å². The number of methoxy groups -OCH3 is 2. The van der Waals surface area contributed by atoms with Crippen LogP contribution in [0.15, 0.2) is 72.8 Å². The standard InChI is InChI=1S/C26H27NO4/c1-29-20-14-15-22(25(17-20)30-2)23-12-8-16-27(23)26(28)18-31-24-13-7-6-11-21(24)19-9-4-3-5-10-19/h3-7,9-11,13-15,17,23H,8,12,16,18H2,1-2H3.